The van der Waals surface area contributed by atoms with Crippen molar-refractivity contribution in [3.63, 3.8) is 0 Å². The number of hydrogen-bond donors (Lipinski definition) is 1. The van der Waals surface area contributed by atoms with Gasteiger partial charge in [-0.05, 0) is 37.1 Å². The first-order valence-electron chi connectivity index (χ1n) is 9.02. The maximum absolute atomic E-state index is 12.9. The van der Waals surface area contributed by atoms with E-state index >= 15 is 0 Å². The Morgan fingerprint density at radius 2 is 1.96 bits per heavy atom. The number of fused-ring (bicyclic) bond motifs is 1. The third-order valence-corrected chi connectivity index (χ3v) is 4.81. The van der Waals surface area contributed by atoms with Crippen LogP contribution in [0.2, 0.25) is 0 Å². The SMILES string of the molecule is Cn1ncc2c(NCCOc3ccc(F)cc3)nc(C3CCCC3)nc21. The van der Waals surface area contributed by atoms with Crippen LogP contribution in [0.3, 0.4) is 0 Å². The number of anilines is 1. The molecule has 1 aliphatic carbocycles. The van der Waals surface area contributed by atoms with Crippen LogP contribution in [0, 0.1) is 5.82 Å². The van der Waals surface area contributed by atoms with E-state index in [1.54, 1.807) is 23.0 Å². The number of aryl methyl sites for hydroxylation is 1. The average Bonchev–Trinajstić information content (AvgIpc) is 3.31. The smallest absolute Gasteiger partial charge is 0.163 e. The van der Waals surface area contributed by atoms with Crippen molar-refractivity contribution >= 4 is 16.9 Å². The van der Waals surface area contributed by atoms with E-state index in [9.17, 15) is 4.39 Å². The summed E-state index contributed by atoms with van der Waals surface area (Å²) in [6.45, 7) is 1.04. The van der Waals surface area contributed by atoms with Gasteiger partial charge < -0.3 is 10.1 Å². The molecule has 0 bridgehead atoms. The van der Waals surface area contributed by atoms with Crippen molar-refractivity contribution < 1.29 is 9.13 Å². The molecular weight excluding hydrogens is 333 g/mol. The maximum Gasteiger partial charge on any atom is 0.163 e. The minimum atomic E-state index is -0.269. The third-order valence-electron chi connectivity index (χ3n) is 4.81. The molecule has 7 heteroatoms. The van der Waals surface area contributed by atoms with E-state index in [1.807, 2.05) is 7.05 Å². The molecule has 0 spiro atoms. The molecule has 1 N–H and O–H groups in total. The molecule has 2 aromatic heterocycles. The summed E-state index contributed by atoms with van der Waals surface area (Å²) in [4.78, 5) is 9.52. The molecule has 0 radical (unpaired) electrons. The van der Waals surface area contributed by atoms with Crippen molar-refractivity contribution in [1.82, 2.24) is 19.7 Å². The number of benzene rings is 1. The quantitative estimate of drug-likeness (QED) is 0.684. The molecule has 0 saturated heterocycles. The normalized spacial score (nSPS) is 14.8. The molecule has 0 atom stereocenters. The van der Waals surface area contributed by atoms with Crippen molar-refractivity contribution in [2.75, 3.05) is 18.5 Å². The van der Waals surface area contributed by atoms with Crippen LogP contribution >= 0.6 is 0 Å². The first kappa shape index (κ1) is 16.8. The van der Waals surface area contributed by atoms with Crippen LogP contribution in [0.15, 0.2) is 30.5 Å². The van der Waals surface area contributed by atoms with Crippen molar-refractivity contribution in [2.24, 2.45) is 7.05 Å². The molecule has 0 amide bonds. The van der Waals surface area contributed by atoms with E-state index in [2.05, 4.69) is 10.4 Å². The van der Waals surface area contributed by atoms with E-state index in [-0.39, 0.29) is 5.82 Å². The highest BCUT2D eigenvalue weighted by Gasteiger charge is 2.22. The highest BCUT2D eigenvalue weighted by atomic mass is 19.1. The van der Waals surface area contributed by atoms with E-state index < -0.39 is 0 Å². The molecule has 1 aliphatic rings. The van der Waals surface area contributed by atoms with Crippen molar-refractivity contribution in [3.8, 4) is 5.75 Å². The van der Waals surface area contributed by atoms with Crippen LogP contribution in [0.5, 0.6) is 5.75 Å². The molecule has 2 heterocycles. The van der Waals surface area contributed by atoms with E-state index in [1.165, 1.54) is 25.0 Å². The van der Waals surface area contributed by atoms with Crippen LogP contribution in [0.25, 0.3) is 11.0 Å². The molecule has 136 valence electrons. The fraction of sp³-hybridized carbons (Fsp3) is 0.421. The van der Waals surface area contributed by atoms with E-state index in [0.717, 1.165) is 35.5 Å². The predicted molar refractivity (Wildman–Crippen MR) is 97.9 cm³/mol. The summed E-state index contributed by atoms with van der Waals surface area (Å²) in [5.74, 6) is 2.52. The van der Waals surface area contributed by atoms with Gasteiger partial charge in [-0.1, -0.05) is 12.8 Å². The van der Waals surface area contributed by atoms with Gasteiger partial charge >= 0.3 is 0 Å². The lowest BCUT2D eigenvalue weighted by molar-refractivity contribution is 0.332. The van der Waals surface area contributed by atoms with Crippen LogP contribution in [-0.2, 0) is 7.05 Å². The first-order valence-corrected chi connectivity index (χ1v) is 9.02. The molecule has 26 heavy (non-hydrogen) atoms. The van der Waals surface area contributed by atoms with Crippen LogP contribution in [0.4, 0.5) is 10.2 Å². The second-order valence-corrected chi connectivity index (χ2v) is 6.65. The third kappa shape index (κ3) is 3.47. The van der Waals surface area contributed by atoms with Gasteiger partial charge in [0.2, 0.25) is 0 Å². The summed E-state index contributed by atoms with van der Waals surface area (Å²) in [7, 11) is 1.90. The zero-order chi connectivity index (χ0) is 17.9. The first-order chi connectivity index (χ1) is 12.7. The van der Waals surface area contributed by atoms with E-state index in [4.69, 9.17) is 14.7 Å². The largest absolute Gasteiger partial charge is 0.492 e. The summed E-state index contributed by atoms with van der Waals surface area (Å²) in [6, 6.07) is 6.02. The number of hydrogen-bond acceptors (Lipinski definition) is 5. The second kappa shape index (κ2) is 7.27. The van der Waals surface area contributed by atoms with Gasteiger partial charge in [-0.2, -0.15) is 5.10 Å². The number of nitrogens with zero attached hydrogens (tertiary/aromatic N) is 4. The van der Waals surface area contributed by atoms with Gasteiger partial charge in [-0.3, -0.25) is 4.68 Å². The monoisotopic (exact) mass is 355 g/mol. The number of halogens is 1. The van der Waals surface area contributed by atoms with Crippen molar-refractivity contribution in [2.45, 2.75) is 31.6 Å². The Bertz CT molecular complexity index is 887. The fourth-order valence-electron chi connectivity index (χ4n) is 3.41. The number of nitrogens with one attached hydrogen (secondary N) is 1. The minimum Gasteiger partial charge on any atom is -0.492 e. The molecule has 4 rings (SSSR count). The van der Waals surface area contributed by atoms with Gasteiger partial charge in [0.25, 0.3) is 0 Å². The Morgan fingerprint density at radius 3 is 2.73 bits per heavy atom. The van der Waals surface area contributed by atoms with E-state index in [0.29, 0.717) is 24.8 Å². The topological polar surface area (TPSA) is 64.9 Å². The van der Waals surface area contributed by atoms with Crippen LogP contribution in [-0.4, -0.2) is 32.9 Å². The molecule has 0 unspecified atom stereocenters. The number of rotatable bonds is 6. The van der Waals surface area contributed by atoms with Gasteiger partial charge in [0.15, 0.2) is 5.65 Å². The minimum absolute atomic E-state index is 0.269. The van der Waals surface area contributed by atoms with Gasteiger partial charge in [0.05, 0.1) is 18.1 Å². The fourth-order valence-corrected chi connectivity index (χ4v) is 3.41. The predicted octanol–water partition coefficient (Wildman–Crippen LogP) is 3.65. The Balaban J connectivity index is 1.47. The second-order valence-electron chi connectivity index (χ2n) is 6.65. The Morgan fingerprint density at radius 1 is 1.19 bits per heavy atom. The van der Waals surface area contributed by atoms with Gasteiger partial charge in [0, 0.05) is 13.0 Å². The Labute approximate surface area is 151 Å². The van der Waals surface area contributed by atoms with Crippen molar-refractivity contribution in [3.05, 3.63) is 42.1 Å². The summed E-state index contributed by atoms with van der Waals surface area (Å²) >= 11 is 0. The summed E-state index contributed by atoms with van der Waals surface area (Å²) < 4.78 is 20.3. The standard InChI is InChI=1S/C19H22FN5O/c1-25-19-16(12-22-25)18(23-17(24-19)13-4-2-3-5-13)21-10-11-26-15-8-6-14(20)7-9-15/h6-9,12-13H,2-5,10-11H2,1H3,(H,21,23,24). The molecule has 1 saturated carbocycles. The maximum atomic E-state index is 12.9. The summed E-state index contributed by atoms with van der Waals surface area (Å²) in [5, 5.41) is 8.57. The highest BCUT2D eigenvalue weighted by Crippen LogP contribution is 2.34. The zero-order valence-electron chi connectivity index (χ0n) is 14.8. The highest BCUT2D eigenvalue weighted by molar-refractivity contribution is 5.86. The molecular formula is C19H22FN5O. The van der Waals surface area contributed by atoms with Crippen LogP contribution < -0.4 is 10.1 Å². The molecule has 1 fully saturated rings. The lowest BCUT2D eigenvalue weighted by Gasteiger charge is -2.13. The lowest BCUT2D eigenvalue weighted by atomic mass is 10.1. The van der Waals surface area contributed by atoms with Crippen LogP contribution in [0.1, 0.15) is 37.4 Å². The molecule has 0 aliphatic heterocycles. The van der Waals surface area contributed by atoms with Gasteiger partial charge in [0.1, 0.15) is 29.8 Å². The van der Waals surface area contributed by atoms with Gasteiger partial charge in [-0.25, -0.2) is 14.4 Å². The molecule has 3 aromatic rings. The Kier molecular flexibility index (Phi) is 4.69. The molecule has 1 aromatic carbocycles. The average molecular weight is 355 g/mol. The van der Waals surface area contributed by atoms with Gasteiger partial charge in [-0.15, -0.1) is 0 Å². The number of aromatic nitrogens is 4. The number of ether oxygens (including phenoxy) is 1. The zero-order valence-corrected chi connectivity index (χ0v) is 14.8. The van der Waals surface area contributed by atoms with Crippen molar-refractivity contribution in [1.29, 1.82) is 0 Å². The Hall–Kier alpha value is -2.70. The summed E-state index contributed by atoms with van der Waals surface area (Å²) in [6.07, 6.45) is 6.57. The molecule has 6 nitrogen and oxygen atoms in total. The lowest BCUT2D eigenvalue weighted by Crippen LogP contribution is -2.14. The summed E-state index contributed by atoms with van der Waals surface area (Å²) in [5.41, 5.74) is 0.851.